The maximum absolute atomic E-state index is 14.4. The fraction of sp³-hybridized carbons (Fsp3) is 0.375. The molecule has 1 aromatic heterocycles. The molecule has 33 heavy (non-hydrogen) atoms. The number of alkyl halides is 1. The van der Waals surface area contributed by atoms with Gasteiger partial charge < -0.3 is 20.1 Å². The van der Waals surface area contributed by atoms with Crippen LogP contribution in [0, 0.1) is 11.3 Å². The zero-order valence-corrected chi connectivity index (χ0v) is 19.1. The van der Waals surface area contributed by atoms with Crippen molar-refractivity contribution in [1.29, 1.82) is 5.26 Å². The number of halogens is 2. The molecular formula is C24H25ClFN5O2. The van der Waals surface area contributed by atoms with E-state index in [2.05, 4.69) is 21.6 Å². The van der Waals surface area contributed by atoms with E-state index in [0.717, 1.165) is 16.3 Å². The average molecular weight is 470 g/mol. The summed E-state index contributed by atoms with van der Waals surface area (Å²) in [4.78, 5) is 1.98. The van der Waals surface area contributed by atoms with Crippen LogP contribution < -0.4 is 15.0 Å². The van der Waals surface area contributed by atoms with Gasteiger partial charge in [0.25, 0.3) is 0 Å². The highest BCUT2D eigenvalue weighted by Crippen LogP contribution is 2.34. The molecular weight excluding hydrogens is 445 g/mol. The maximum Gasteiger partial charge on any atom is 0.159 e. The van der Waals surface area contributed by atoms with Crippen LogP contribution in [-0.4, -0.2) is 54.3 Å². The molecule has 4 rings (SSSR count). The van der Waals surface area contributed by atoms with Crippen LogP contribution in [0.5, 0.6) is 5.75 Å². The molecule has 9 heteroatoms. The molecule has 0 aliphatic carbocycles. The molecule has 0 spiro atoms. The summed E-state index contributed by atoms with van der Waals surface area (Å²) in [7, 11) is 1.58. The van der Waals surface area contributed by atoms with Crippen LogP contribution in [0.4, 0.5) is 16.0 Å². The van der Waals surface area contributed by atoms with E-state index in [-0.39, 0.29) is 12.8 Å². The summed E-state index contributed by atoms with van der Waals surface area (Å²) in [5.41, 5.74) is 0.0273. The molecule has 1 aliphatic rings. The first-order valence-corrected chi connectivity index (χ1v) is 11.2. The Bertz CT molecular complexity index is 1190. The van der Waals surface area contributed by atoms with Gasteiger partial charge in [0.2, 0.25) is 0 Å². The van der Waals surface area contributed by atoms with Crippen molar-refractivity contribution in [3.05, 3.63) is 52.5 Å². The molecule has 2 heterocycles. The zero-order valence-electron chi connectivity index (χ0n) is 18.3. The predicted molar refractivity (Wildman–Crippen MR) is 127 cm³/mol. The van der Waals surface area contributed by atoms with Gasteiger partial charge in [-0.25, -0.2) is 4.39 Å². The normalized spacial score (nSPS) is 15.3. The van der Waals surface area contributed by atoms with Crippen molar-refractivity contribution in [2.24, 2.45) is 0 Å². The molecule has 172 valence electrons. The topological polar surface area (TPSA) is 94.3 Å². The fourth-order valence-electron chi connectivity index (χ4n) is 4.04. The molecule has 1 fully saturated rings. The van der Waals surface area contributed by atoms with Crippen molar-refractivity contribution >= 4 is 34.0 Å². The highest BCUT2D eigenvalue weighted by Gasteiger charge is 2.34. The summed E-state index contributed by atoms with van der Waals surface area (Å²) in [6.07, 6.45) is 1.17. The molecule has 0 bridgehead atoms. The Balaban J connectivity index is 1.56. The third-order valence-corrected chi connectivity index (χ3v) is 6.35. The third kappa shape index (κ3) is 4.95. The van der Waals surface area contributed by atoms with Gasteiger partial charge in [-0.1, -0.05) is 17.7 Å². The number of aliphatic hydroxyl groups excluding tert-OH is 1. The monoisotopic (exact) mass is 469 g/mol. The number of hydrogen-bond acceptors (Lipinski definition) is 7. The first kappa shape index (κ1) is 23.0. The summed E-state index contributed by atoms with van der Waals surface area (Å²) >= 11 is 6.21. The molecule has 0 unspecified atom stereocenters. The average Bonchev–Trinajstić information content (AvgIpc) is 2.84. The summed E-state index contributed by atoms with van der Waals surface area (Å²) in [6.45, 7) is 0.992. The van der Waals surface area contributed by atoms with Gasteiger partial charge in [-0.05, 0) is 42.3 Å². The minimum Gasteiger partial charge on any atom is -0.495 e. The number of ether oxygens (including phenoxy) is 1. The number of fused-ring (bicyclic) bond motifs is 1. The van der Waals surface area contributed by atoms with Gasteiger partial charge in [-0.2, -0.15) is 5.26 Å². The number of hydrogen-bond donors (Lipinski definition) is 2. The quantitative estimate of drug-likeness (QED) is 0.537. The van der Waals surface area contributed by atoms with Crippen molar-refractivity contribution in [3.8, 4) is 11.8 Å². The largest absolute Gasteiger partial charge is 0.495 e. The van der Waals surface area contributed by atoms with Gasteiger partial charge in [0.05, 0.1) is 30.4 Å². The van der Waals surface area contributed by atoms with E-state index in [1.807, 2.05) is 29.2 Å². The van der Waals surface area contributed by atoms with Crippen molar-refractivity contribution < 1.29 is 14.2 Å². The van der Waals surface area contributed by atoms with Crippen LogP contribution in [-0.2, 0) is 6.42 Å². The lowest BCUT2D eigenvalue weighted by molar-refractivity contribution is 0.0480. The SMILES string of the molecule is COc1ccc(CCNc2nnc(N3CCC(F)(CO)CC3)c3ccc(C#N)cc23)cc1Cl. The van der Waals surface area contributed by atoms with Crippen LogP contribution in [0.3, 0.4) is 0 Å². The summed E-state index contributed by atoms with van der Waals surface area (Å²) in [5.74, 6) is 1.87. The van der Waals surface area contributed by atoms with E-state index in [0.29, 0.717) is 54.0 Å². The Kier molecular flexibility index (Phi) is 6.82. The standard InChI is InChI=1S/C24H25ClFN5O2/c1-33-21-5-3-16(13-20(21)25)6-9-28-22-19-12-17(14-27)2-4-18(19)23(30-29-22)31-10-7-24(26,15-32)8-11-31/h2-5,12-13,32H,6-11,15H2,1H3,(H,28,29). The number of rotatable bonds is 7. The smallest absolute Gasteiger partial charge is 0.159 e. The molecule has 1 aliphatic heterocycles. The number of anilines is 2. The number of methoxy groups -OCH3 is 1. The van der Waals surface area contributed by atoms with Gasteiger partial charge in [0.15, 0.2) is 11.6 Å². The van der Waals surface area contributed by atoms with Crippen molar-refractivity contribution in [2.45, 2.75) is 24.9 Å². The lowest BCUT2D eigenvalue weighted by Gasteiger charge is -2.36. The lowest BCUT2D eigenvalue weighted by Crippen LogP contribution is -2.44. The van der Waals surface area contributed by atoms with Crippen LogP contribution in [0.25, 0.3) is 10.8 Å². The Labute approximate surface area is 196 Å². The highest BCUT2D eigenvalue weighted by atomic mass is 35.5. The second kappa shape index (κ2) is 9.77. The highest BCUT2D eigenvalue weighted by molar-refractivity contribution is 6.32. The molecule has 0 amide bonds. The Morgan fingerprint density at radius 3 is 2.67 bits per heavy atom. The zero-order chi connectivity index (χ0) is 23.4. The summed E-state index contributed by atoms with van der Waals surface area (Å²) in [5, 5.41) is 33.0. The van der Waals surface area contributed by atoms with Gasteiger partial charge in [0.1, 0.15) is 11.4 Å². The van der Waals surface area contributed by atoms with Crippen molar-refractivity contribution in [2.75, 3.05) is 43.6 Å². The molecule has 2 aromatic carbocycles. The van der Waals surface area contributed by atoms with Gasteiger partial charge >= 0.3 is 0 Å². The molecule has 0 radical (unpaired) electrons. The van der Waals surface area contributed by atoms with Crippen LogP contribution in [0.2, 0.25) is 5.02 Å². The second-order valence-corrected chi connectivity index (χ2v) is 8.59. The van der Waals surface area contributed by atoms with Gasteiger partial charge in [0, 0.05) is 43.2 Å². The van der Waals surface area contributed by atoms with E-state index in [1.54, 1.807) is 19.2 Å². The predicted octanol–water partition coefficient (Wildman–Crippen LogP) is 4.12. The first-order valence-electron chi connectivity index (χ1n) is 10.8. The Morgan fingerprint density at radius 1 is 1.21 bits per heavy atom. The number of piperidine rings is 1. The lowest BCUT2D eigenvalue weighted by atomic mass is 9.94. The molecule has 3 aromatic rings. The number of benzene rings is 2. The summed E-state index contributed by atoms with van der Waals surface area (Å²) in [6, 6.07) is 13.2. The fourth-order valence-corrected chi connectivity index (χ4v) is 4.32. The molecule has 2 N–H and O–H groups in total. The van der Waals surface area contributed by atoms with E-state index >= 15 is 0 Å². The third-order valence-electron chi connectivity index (χ3n) is 6.05. The van der Waals surface area contributed by atoms with E-state index < -0.39 is 12.3 Å². The van der Waals surface area contributed by atoms with Crippen LogP contribution in [0.1, 0.15) is 24.0 Å². The van der Waals surface area contributed by atoms with Crippen LogP contribution in [0.15, 0.2) is 36.4 Å². The number of aromatic nitrogens is 2. The number of nitriles is 1. The summed E-state index contributed by atoms with van der Waals surface area (Å²) < 4.78 is 19.6. The number of nitrogens with one attached hydrogen (secondary N) is 1. The van der Waals surface area contributed by atoms with Gasteiger partial charge in [-0.3, -0.25) is 0 Å². The Hall–Kier alpha value is -3.15. The second-order valence-electron chi connectivity index (χ2n) is 8.19. The van der Waals surface area contributed by atoms with Crippen molar-refractivity contribution in [3.63, 3.8) is 0 Å². The maximum atomic E-state index is 14.4. The van der Waals surface area contributed by atoms with E-state index in [9.17, 15) is 14.8 Å². The van der Waals surface area contributed by atoms with E-state index in [4.69, 9.17) is 16.3 Å². The molecule has 0 saturated carbocycles. The van der Waals surface area contributed by atoms with E-state index in [1.165, 1.54) is 0 Å². The minimum absolute atomic E-state index is 0.230. The number of nitrogens with zero attached hydrogens (tertiary/aromatic N) is 4. The van der Waals surface area contributed by atoms with Crippen LogP contribution >= 0.6 is 11.6 Å². The minimum atomic E-state index is -1.54. The van der Waals surface area contributed by atoms with Crippen molar-refractivity contribution in [1.82, 2.24) is 10.2 Å². The van der Waals surface area contributed by atoms with Gasteiger partial charge in [-0.15, -0.1) is 10.2 Å². The molecule has 0 atom stereocenters. The molecule has 1 saturated heterocycles. The number of aliphatic hydroxyl groups is 1. The Morgan fingerprint density at radius 2 is 2.00 bits per heavy atom. The molecule has 7 nitrogen and oxygen atoms in total. The first-order chi connectivity index (χ1) is 16.0.